The Kier molecular flexibility index (Phi) is 43.9. The number of amides is 1. The Bertz CT molecular complexity index is 1050. The van der Waals surface area contributed by atoms with E-state index in [2.05, 4.69) is 19.2 Å². The van der Waals surface area contributed by atoms with Crippen molar-refractivity contribution in [2.24, 2.45) is 0 Å². The normalized spacial score (nSPS) is 13.5. The molecule has 0 heterocycles. The SMILES string of the molecule is CCCCCCCCCCCCCCCCCCCCCCCC(=O)OCC(O)COP(=O)(O)OCC(NC(=O)CCCCCCCCCCCCCCCCCC)C(=O)O. The number of carbonyl (C=O) groups is 3. The van der Waals surface area contributed by atoms with E-state index in [0.29, 0.717) is 12.8 Å². The minimum atomic E-state index is -4.75. The molecule has 11 nitrogen and oxygen atoms in total. The number of nitrogens with one attached hydrogen (secondary N) is 1. The summed E-state index contributed by atoms with van der Waals surface area (Å²) in [4.78, 5) is 46.1. The summed E-state index contributed by atoms with van der Waals surface area (Å²) in [5.74, 6) is -2.35. The molecule has 362 valence electrons. The maximum absolute atomic E-state index is 12.3. The standard InChI is InChI=1S/C49H96NO10P/c1-3-5-7-9-11-13-15-17-19-21-22-23-24-25-27-29-31-33-35-37-39-41-48(53)58-42-45(51)43-59-61(56,57)60-44-46(49(54)55)50-47(52)40-38-36-34-32-30-28-26-20-18-16-14-12-10-8-6-4-2/h45-46,51H,3-44H2,1-2H3,(H,50,52)(H,54,55)(H,56,57). The first-order valence-corrected chi connectivity index (χ1v) is 27.1. The van der Waals surface area contributed by atoms with Crippen molar-refractivity contribution >= 4 is 25.7 Å². The summed E-state index contributed by atoms with van der Waals surface area (Å²) in [6.45, 7) is 2.65. The van der Waals surface area contributed by atoms with Gasteiger partial charge in [0.25, 0.3) is 0 Å². The van der Waals surface area contributed by atoms with Crippen molar-refractivity contribution in [1.82, 2.24) is 5.32 Å². The van der Waals surface area contributed by atoms with Crippen LogP contribution in [0.2, 0.25) is 0 Å². The van der Waals surface area contributed by atoms with E-state index in [4.69, 9.17) is 13.8 Å². The molecule has 0 aromatic heterocycles. The maximum atomic E-state index is 12.3. The first-order valence-electron chi connectivity index (χ1n) is 25.6. The van der Waals surface area contributed by atoms with Gasteiger partial charge in [-0.25, -0.2) is 9.36 Å². The Labute approximate surface area is 374 Å². The molecule has 0 aliphatic rings. The summed E-state index contributed by atoms with van der Waals surface area (Å²) in [7, 11) is -4.75. The average molecular weight is 890 g/mol. The number of carboxylic acids is 1. The van der Waals surface area contributed by atoms with Crippen molar-refractivity contribution in [3.05, 3.63) is 0 Å². The molecule has 0 spiro atoms. The van der Waals surface area contributed by atoms with Gasteiger partial charge in [-0.3, -0.25) is 18.6 Å². The summed E-state index contributed by atoms with van der Waals surface area (Å²) in [6.07, 6.45) is 45.5. The summed E-state index contributed by atoms with van der Waals surface area (Å²) in [6, 6.07) is -1.54. The highest BCUT2D eigenvalue weighted by Crippen LogP contribution is 2.43. The number of carbonyl (C=O) groups excluding carboxylic acids is 2. The first-order chi connectivity index (χ1) is 29.6. The van der Waals surface area contributed by atoms with E-state index in [1.807, 2.05) is 0 Å². The molecule has 12 heteroatoms. The van der Waals surface area contributed by atoms with Crippen molar-refractivity contribution in [2.45, 2.75) is 276 Å². The van der Waals surface area contributed by atoms with Gasteiger partial charge in [-0.2, -0.15) is 0 Å². The summed E-state index contributed by atoms with van der Waals surface area (Å²) in [5.41, 5.74) is 0. The van der Waals surface area contributed by atoms with Crippen molar-refractivity contribution in [2.75, 3.05) is 19.8 Å². The van der Waals surface area contributed by atoms with Gasteiger partial charge in [-0.05, 0) is 12.8 Å². The Morgan fingerprint density at radius 3 is 1.08 bits per heavy atom. The van der Waals surface area contributed by atoms with Crippen LogP contribution in [0.3, 0.4) is 0 Å². The number of rotatable bonds is 49. The fraction of sp³-hybridized carbons (Fsp3) is 0.939. The zero-order valence-corrected chi connectivity index (χ0v) is 40.4. The van der Waals surface area contributed by atoms with Crippen LogP contribution in [0.4, 0.5) is 0 Å². The lowest BCUT2D eigenvalue weighted by Crippen LogP contribution is -2.43. The number of esters is 1. The number of aliphatic hydroxyl groups is 1. The van der Waals surface area contributed by atoms with Crippen molar-refractivity contribution in [1.29, 1.82) is 0 Å². The smallest absolute Gasteiger partial charge is 0.472 e. The van der Waals surface area contributed by atoms with Gasteiger partial charge < -0.3 is 25.2 Å². The Hall–Kier alpha value is -1.52. The van der Waals surface area contributed by atoms with Crippen LogP contribution in [-0.2, 0) is 32.7 Å². The van der Waals surface area contributed by atoms with Crippen LogP contribution in [-0.4, -0.2) is 64.9 Å². The quantitative estimate of drug-likeness (QED) is 0.0262. The number of carboxylic acid groups (broad SMARTS) is 1. The Morgan fingerprint density at radius 1 is 0.459 bits per heavy atom. The predicted octanol–water partition coefficient (Wildman–Crippen LogP) is 13.8. The lowest BCUT2D eigenvalue weighted by molar-refractivity contribution is -0.147. The number of phosphoric ester groups is 1. The minimum absolute atomic E-state index is 0.153. The number of phosphoric acid groups is 1. The third-order valence-electron chi connectivity index (χ3n) is 11.6. The number of unbranched alkanes of at least 4 members (excludes halogenated alkanes) is 35. The van der Waals surface area contributed by atoms with Gasteiger partial charge in [-0.1, -0.05) is 239 Å². The zero-order chi connectivity index (χ0) is 44.9. The predicted molar refractivity (Wildman–Crippen MR) is 250 cm³/mol. The van der Waals surface area contributed by atoms with Crippen LogP contribution in [0.15, 0.2) is 0 Å². The molecule has 0 aromatic rings. The molecule has 0 aromatic carbocycles. The van der Waals surface area contributed by atoms with Gasteiger partial charge in [0.15, 0.2) is 6.04 Å². The number of hydrogen-bond donors (Lipinski definition) is 4. The lowest BCUT2D eigenvalue weighted by Gasteiger charge is -2.18. The van der Waals surface area contributed by atoms with Gasteiger partial charge >= 0.3 is 19.8 Å². The molecule has 0 saturated heterocycles. The van der Waals surface area contributed by atoms with Crippen LogP contribution in [0.5, 0.6) is 0 Å². The molecule has 0 rings (SSSR count). The molecule has 3 atom stereocenters. The third-order valence-corrected chi connectivity index (χ3v) is 12.6. The molecule has 0 fully saturated rings. The second-order valence-electron chi connectivity index (χ2n) is 17.7. The van der Waals surface area contributed by atoms with E-state index >= 15 is 0 Å². The van der Waals surface area contributed by atoms with Gasteiger partial charge in [-0.15, -0.1) is 0 Å². The van der Waals surface area contributed by atoms with E-state index in [1.165, 1.54) is 186 Å². The number of aliphatic hydroxyl groups excluding tert-OH is 1. The molecular weight excluding hydrogens is 794 g/mol. The van der Waals surface area contributed by atoms with Gasteiger partial charge in [0.1, 0.15) is 12.7 Å². The third kappa shape index (κ3) is 44.9. The molecule has 4 N–H and O–H groups in total. The van der Waals surface area contributed by atoms with E-state index in [1.54, 1.807) is 0 Å². The highest BCUT2D eigenvalue weighted by molar-refractivity contribution is 7.47. The average Bonchev–Trinajstić information content (AvgIpc) is 3.24. The molecule has 0 bridgehead atoms. The first kappa shape index (κ1) is 59.5. The van der Waals surface area contributed by atoms with Crippen LogP contribution >= 0.6 is 7.82 Å². The monoisotopic (exact) mass is 890 g/mol. The molecule has 1 amide bonds. The van der Waals surface area contributed by atoms with E-state index in [-0.39, 0.29) is 12.8 Å². The molecule has 3 unspecified atom stereocenters. The van der Waals surface area contributed by atoms with Crippen LogP contribution < -0.4 is 5.32 Å². The van der Waals surface area contributed by atoms with Crippen molar-refractivity contribution < 1.29 is 47.8 Å². The highest BCUT2D eigenvalue weighted by Gasteiger charge is 2.28. The lowest BCUT2D eigenvalue weighted by atomic mass is 10.0. The van der Waals surface area contributed by atoms with Gasteiger partial charge in [0.2, 0.25) is 5.91 Å². The highest BCUT2D eigenvalue weighted by atomic mass is 31.2. The second kappa shape index (κ2) is 45.1. The zero-order valence-electron chi connectivity index (χ0n) is 39.5. The largest absolute Gasteiger partial charge is 0.480 e. The summed E-state index contributed by atoms with van der Waals surface area (Å²) in [5, 5.41) is 21.9. The van der Waals surface area contributed by atoms with E-state index in [0.717, 1.165) is 38.5 Å². The molecule has 0 saturated carbocycles. The van der Waals surface area contributed by atoms with Gasteiger partial charge in [0.05, 0.1) is 13.2 Å². The van der Waals surface area contributed by atoms with Crippen molar-refractivity contribution in [3.63, 3.8) is 0 Å². The van der Waals surface area contributed by atoms with Crippen LogP contribution in [0.25, 0.3) is 0 Å². The maximum Gasteiger partial charge on any atom is 0.472 e. The molecule has 0 aliphatic carbocycles. The molecule has 0 radical (unpaired) electrons. The number of ether oxygens (including phenoxy) is 1. The Morgan fingerprint density at radius 2 is 0.754 bits per heavy atom. The van der Waals surface area contributed by atoms with E-state index in [9.17, 15) is 34.1 Å². The minimum Gasteiger partial charge on any atom is -0.480 e. The van der Waals surface area contributed by atoms with Crippen LogP contribution in [0.1, 0.15) is 264 Å². The number of hydrogen-bond acceptors (Lipinski definition) is 8. The topological polar surface area (TPSA) is 169 Å². The summed E-state index contributed by atoms with van der Waals surface area (Å²) >= 11 is 0. The Balaban J connectivity index is 3.77. The van der Waals surface area contributed by atoms with Gasteiger partial charge in [0, 0.05) is 12.8 Å². The number of aliphatic carboxylic acids is 1. The molecule has 0 aliphatic heterocycles. The summed E-state index contributed by atoms with van der Waals surface area (Å²) < 4.78 is 26.9. The van der Waals surface area contributed by atoms with Crippen molar-refractivity contribution in [3.8, 4) is 0 Å². The fourth-order valence-corrected chi connectivity index (χ4v) is 8.44. The van der Waals surface area contributed by atoms with E-state index < -0.39 is 57.6 Å². The fourth-order valence-electron chi connectivity index (χ4n) is 7.67. The second-order valence-corrected chi connectivity index (χ2v) is 19.2. The molecule has 61 heavy (non-hydrogen) atoms. The van der Waals surface area contributed by atoms with Crippen LogP contribution in [0, 0.1) is 0 Å². The molecular formula is C49H96NO10P.